The van der Waals surface area contributed by atoms with Crippen molar-refractivity contribution < 1.29 is 0 Å². The highest BCUT2D eigenvalue weighted by Crippen LogP contribution is 2.43. The molecule has 0 amide bonds. The van der Waals surface area contributed by atoms with Gasteiger partial charge in [-0.05, 0) is 12.5 Å². The minimum Gasteiger partial charge on any atom is -0.110 e. The summed E-state index contributed by atoms with van der Waals surface area (Å²) in [7, 11) is 0. The molecule has 1 aromatic rings. The second kappa shape index (κ2) is 4.07. The lowest BCUT2D eigenvalue weighted by Crippen LogP contribution is -1.81. The van der Waals surface area contributed by atoms with Crippen LogP contribution in [0.4, 0.5) is 0 Å². The molecule has 68 valence electrons. The Kier molecular flexibility index (Phi) is 3.02. The molecule has 13 heavy (non-hydrogen) atoms. The maximum absolute atomic E-state index is 6.08. The number of rotatable bonds is 1. The van der Waals surface area contributed by atoms with E-state index in [-0.39, 0.29) is 0 Å². The van der Waals surface area contributed by atoms with Gasteiger partial charge in [-0.1, -0.05) is 51.8 Å². The van der Waals surface area contributed by atoms with Gasteiger partial charge in [0.25, 0.3) is 0 Å². The number of hydrogen-bond donors (Lipinski definition) is 0. The maximum Gasteiger partial charge on any atom is 0.0682 e. The molecule has 1 unspecified atom stereocenters. The van der Waals surface area contributed by atoms with Crippen LogP contribution in [0, 0.1) is 0 Å². The van der Waals surface area contributed by atoms with Crippen molar-refractivity contribution >= 4 is 44.2 Å². The average Bonchev–Trinajstić information content (AvgIpc) is 2.53. The van der Waals surface area contributed by atoms with Crippen molar-refractivity contribution in [1.82, 2.24) is 0 Å². The van der Waals surface area contributed by atoms with Gasteiger partial charge in [0.2, 0.25) is 0 Å². The van der Waals surface area contributed by atoms with Gasteiger partial charge < -0.3 is 0 Å². The normalized spacial score (nSPS) is 21.7. The van der Waals surface area contributed by atoms with E-state index in [0.717, 1.165) is 17.0 Å². The zero-order valence-corrected chi connectivity index (χ0v) is 9.99. The minimum atomic E-state index is 0.513. The molecule has 1 aromatic carbocycles. The summed E-state index contributed by atoms with van der Waals surface area (Å²) in [6.45, 7) is 0. The van der Waals surface area contributed by atoms with E-state index < -0.39 is 0 Å². The fourth-order valence-corrected chi connectivity index (χ4v) is 3.32. The van der Waals surface area contributed by atoms with Crippen LogP contribution in [0.3, 0.4) is 0 Å². The first-order valence-electron chi connectivity index (χ1n) is 4.03. The molecule has 0 N–H and O–H groups in total. The van der Waals surface area contributed by atoms with E-state index in [2.05, 4.69) is 28.1 Å². The van der Waals surface area contributed by atoms with Gasteiger partial charge in [-0.3, -0.25) is 0 Å². The number of halogens is 2. The Morgan fingerprint density at radius 3 is 2.77 bits per heavy atom. The van der Waals surface area contributed by atoms with Crippen LogP contribution in [0.5, 0.6) is 0 Å². The van der Waals surface area contributed by atoms with Crippen LogP contribution in [0.25, 0.3) is 4.91 Å². The van der Waals surface area contributed by atoms with Crippen LogP contribution in [-0.4, -0.2) is 4.16 Å². The molecule has 0 aromatic heterocycles. The van der Waals surface area contributed by atoms with Crippen molar-refractivity contribution in [3.63, 3.8) is 0 Å². The van der Waals surface area contributed by atoms with E-state index in [9.17, 15) is 0 Å². The Hall–Kier alpha value is 0.0800. The van der Waals surface area contributed by atoms with E-state index >= 15 is 0 Å². The molecule has 3 heteroatoms. The minimum absolute atomic E-state index is 0.513. The van der Waals surface area contributed by atoms with Crippen LogP contribution in [0.2, 0.25) is 5.02 Å². The summed E-state index contributed by atoms with van der Waals surface area (Å²) in [6, 6.07) is 7.97. The number of thioether (sulfide) groups is 1. The molecule has 1 aliphatic rings. The highest BCUT2D eigenvalue weighted by molar-refractivity contribution is 9.11. The third-order valence-corrected chi connectivity index (χ3v) is 4.24. The summed E-state index contributed by atoms with van der Waals surface area (Å²) < 4.78 is 0.513. The van der Waals surface area contributed by atoms with Crippen LogP contribution in [0.15, 0.2) is 30.3 Å². The third kappa shape index (κ3) is 2.12. The SMILES string of the molecule is Clc1ccccc1C1=CCC(Br)S1. The van der Waals surface area contributed by atoms with Gasteiger partial charge in [0, 0.05) is 15.5 Å². The first-order chi connectivity index (χ1) is 6.27. The molecular weight excluding hydrogens is 268 g/mol. The van der Waals surface area contributed by atoms with Crippen LogP contribution >= 0.6 is 39.3 Å². The predicted molar refractivity (Wildman–Crippen MR) is 64.4 cm³/mol. The van der Waals surface area contributed by atoms with Crippen molar-refractivity contribution in [3.8, 4) is 0 Å². The molecule has 1 aliphatic heterocycles. The highest BCUT2D eigenvalue weighted by atomic mass is 79.9. The fourth-order valence-electron chi connectivity index (χ4n) is 1.27. The van der Waals surface area contributed by atoms with Gasteiger partial charge in [0.15, 0.2) is 0 Å². The molecule has 0 spiro atoms. The van der Waals surface area contributed by atoms with Crippen molar-refractivity contribution in [2.75, 3.05) is 0 Å². The number of benzene rings is 1. The Morgan fingerprint density at radius 2 is 2.15 bits per heavy atom. The molecule has 0 fully saturated rings. The Labute approximate surface area is 95.5 Å². The zero-order chi connectivity index (χ0) is 9.26. The molecule has 0 saturated heterocycles. The summed E-state index contributed by atoms with van der Waals surface area (Å²) in [4.78, 5) is 1.28. The Morgan fingerprint density at radius 1 is 1.38 bits per heavy atom. The second-order valence-electron chi connectivity index (χ2n) is 2.81. The van der Waals surface area contributed by atoms with Crippen LogP contribution in [-0.2, 0) is 0 Å². The van der Waals surface area contributed by atoms with Crippen molar-refractivity contribution in [2.24, 2.45) is 0 Å². The van der Waals surface area contributed by atoms with Crippen LogP contribution in [0.1, 0.15) is 12.0 Å². The summed E-state index contributed by atoms with van der Waals surface area (Å²) in [5, 5.41) is 0.836. The van der Waals surface area contributed by atoms with E-state index in [1.165, 1.54) is 4.91 Å². The van der Waals surface area contributed by atoms with Gasteiger partial charge in [-0.15, -0.1) is 11.8 Å². The lowest BCUT2D eigenvalue weighted by molar-refractivity contribution is 1.23. The van der Waals surface area contributed by atoms with Gasteiger partial charge in [0.1, 0.15) is 0 Å². The third-order valence-electron chi connectivity index (χ3n) is 1.88. The summed E-state index contributed by atoms with van der Waals surface area (Å²) in [5.74, 6) is 0. The quantitative estimate of drug-likeness (QED) is 0.678. The van der Waals surface area contributed by atoms with Crippen molar-refractivity contribution in [1.29, 1.82) is 0 Å². The molecule has 0 aliphatic carbocycles. The first-order valence-corrected chi connectivity index (χ1v) is 6.20. The Bertz CT molecular complexity index is 349. The molecule has 0 bridgehead atoms. The molecule has 1 heterocycles. The second-order valence-corrected chi connectivity index (χ2v) is 6.18. The van der Waals surface area contributed by atoms with Gasteiger partial charge in [-0.2, -0.15) is 0 Å². The van der Waals surface area contributed by atoms with E-state index in [1.54, 1.807) is 0 Å². The molecule has 2 rings (SSSR count). The summed E-state index contributed by atoms with van der Waals surface area (Å²) >= 11 is 11.5. The molecule has 0 radical (unpaired) electrons. The average molecular weight is 276 g/mol. The number of hydrogen-bond acceptors (Lipinski definition) is 1. The lowest BCUT2D eigenvalue weighted by Gasteiger charge is -2.04. The van der Waals surface area contributed by atoms with E-state index in [1.807, 2.05) is 30.0 Å². The molecule has 0 nitrogen and oxygen atoms in total. The highest BCUT2D eigenvalue weighted by Gasteiger charge is 2.17. The summed E-state index contributed by atoms with van der Waals surface area (Å²) in [6.07, 6.45) is 3.30. The largest absolute Gasteiger partial charge is 0.110 e. The fraction of sp³-hybridized carbons (Fsp3) is 0.200. The smallest absolute Gasteiger partial charge is 0.0682 e. The van der Waals surface area contributed by atoms with E-state index in [4.69, 9.17) is 11.6 Å². The lowest BCUT2D eigenvalue weighted by atomic mass is 10.2. The van der Waals surface area contributed by atoms with Crippen LogP contribution < -0.4 is 0 Å². The Balaban J connectivity index is 2.31. The standard InChI is InChI=1S/C10H8BrClS/c11-10-6-5-9(13-10)7-3-1-2-4-8(7)12/h1-5,10H,6H2. The monoisotopic (exact) mass is 274 g/mol. The molecule has 0 saturated carbocycles. The maximum atomic E-state index is 6.08. The van der Waals surface area contributed by atoms with E-state index in [0.29, 0.717) is 4.16 Å². The van der Waals surface area contributed by atoms with Gasteiger partial charge in [0.05, 0.1) is 4.16 Å². The number of alkyl halides is 1. The van der Waals surface area contributed by atoms with Gasteiger partial charge in [-0.25, -0.2) is 0 Å². The van der Waals surface area contributed by atoms with Crippen molar-refractivity contribution in [3.05, 3.63) is 40.9 Å². The topological polar surface area (TPSA) is 0 Å². The zero-order valence-electron chi connectivity index (χ0n) is 6.84. The first kappa shape index (κ1) is 9.63. The number of allylic oxidation sites excluding steroid dienone is 1. The predicted octanol–water partition coefficient (Wildman–Crippen LogP) is 4.54. The van der Waals surface area contributed by atoms with Gasteiger partial charge >= 0.3 is 0 Å². The summed E-state index contributed by atoms with van der Waals surface area (Å²) in [5.41, 5.74) is 1.15. The molecular formula is C10H8BrClS. The molecule has 1 atom stereocenters. The van der Waals surface area contributed by atoms with Crippen molar-refractivity contribution in [2.45, 2.75) is 10.6 Å².